The molecule has 0 bridgehead atoms. The molecule has 2 unspecified atom stereocenters. The van der Waals surface area contributed by atoms with Crippen LogP contribution in [0.4, 0.5) is 0 Å². The second kappa shape index (κ2) is 4.70. The van der Waals surface area contributed by atoms with Gasteiger partial charge in [-0.15, -0.1) is 0 Å². The fourth-order valence-corrected chi connectivity index (χ4v) is 0.857. The van der Waals surface area contributed by atoms with Crippen LogP contribution >= 0.6 is 0 Å². The molecule has 0 amide bonds. The van der Waals surface area contributed by atoms with Gasteiger partial charge in [0, 0.05) is 0 Å². The molecular formula is C8H18O3. The first-order chi connectivity index (χ1) is 4.98. The standard InChI is InChI=1S/C8H18O3/c1-7(10)4-3-5-8(2,11)6-9/h7,9-11H,3-6H2,1-2H3. The van der Waals surface area contributed by atoms with Crippen LogP contribution in [0.25, 0.3) is 0 Å². The number of aliphatic hydroxyl groups excluding tert-OH is 2. The summed E-state index contributed by atoms with van der Waals surface area (Å²) in [6.07, 6.45) is 1.64. The smallest absolute Gasteiger partial charge is 0.0849 e. The monoisotopic (exact) mass is 162 g/mol. The van der Waals surface area contributed by atoms with Crippen LogP contribution in [0.3, 0.4) is 0 Å². The van der Waals surface area contributed by atoms with Crippen molar-refractivity contribution >= 4 is 0 Å². The third kappa shape index (κ3) is 6.28. The van der Waals surface area contributed by atoms with E-state index in [-0.39, 0.29) is 12.7 Å². The molecule has 68 valence electrons. The Kier molecular flexibility index (Phi) is 4.65. The van der Waals surface area contributed by atoms with Gasteiger partial charge in [0.25, 0.3) is 0 Å². The highest BCUT2D eigenvalue weighted by Gasteiger charge is 2.17. The van der Waals surface area contributed by atoms with Gasteiger partial charge in [-0.3, -0.25) is 0 Å². The Bertz CT molecular complexity index is 99.5. The molecule has 0 aliphatic carbocycles. The van der Waals surface area contributed by atoms with E-state index in [9.17, 15) is 5.11 Å². The van der Waals surface area contributed by atoms with Gasteiger partial charge in [0.15, 0.2) is 0 Å². The molecule has 0 aromatic heterocycles. The highest BCUT2D eigenvalue weighted by molar-refractivity contribution is 4.70. The van der Waals surface area contributed by atoms with Crippen molar-refractivity contribution in [3.63, 3.8) is 0 Å². The molecule has 0 spiro atoms. The molecule has 0 aromatic carbocycles. The molecule has 0 radical (unpaired) electrons. The Balaban J connectivity index is 3.38. The van der Waals surface area contributed by atoms with Gasteiger partial charge in [-0.2, -0.15) is 0 Å². The normalized spacial score (nSPS) is 19.4. The summed E-state index contributed by atoms with van der Waals surface area (Å²) < 4.78 is 0. The van der Waals surface area contributed by atoms with E-state index in [1.54, 1.807) is 13.8 Å². The van der Waals surface area contributed by atoms with E-state index in [4.69, 9.17) is 10.2 Å². The van der Waals surface area contributed by atoms with Crippen molar-refractivity contribution in [3.05, 3.63) is 0 Å². The largest absolute Gasteiger partial charge is 0.393 e. The Morgan fingerprint density at radius 2 is 2.00 bits per heavy atom. The number of rotatable bonds is 5. The first-order valence-corrected chi connectivity index (χ1v) is 3.99. The highest BCUT2D eigenvalue weighted by Crippen LogP contribution is 2.13. The quantitative estimate of drug-likeness (QED) is 0.544. The third-order valence-corrected chi connectivity index (χ3v) is 1.68. The molecule has 0 rings (SSSR count). The van der Waals surface area contributed by atoms with Crippen LogP contribution in [0.1, 0.15) is 33.1 Å². The van der Waals surface area contributed by atoms with Gasteiger partial charge >= 0.3 is 0 Å². The predicted molar refractivity (Wildman–Crippen MR) is 43.2 cm³/mol. The highest BCUT2D eigenvalue weighted by atomic mass is 16.3. The second-order valence-corrected chi connectivity index (χ2v) is 3.40. The molecule has 0 saturated heterocycles. The number of hydrogen-bond donors (Lipinski definition) is 3. The van der Waals surface area contributed by atoms with Crippen molar-refractivity contribution in [2.24, 2.45) is 0 Å². The van der Waals surface area contributed by atoms with Crippen LogP contribution in [0.5, 0.6) is 0 Å². The zero-order chi connectivity index (χ0) is 8.91. The van der Waals surface area contributed by atoms with Gasteiger partial charge in [0.05, 0.1) is 18.3 Å². The van der Waals surface area contributed by atoms with Gasteiger partial charge in [-0.25, -0.2) is 0 Å². The maximum atomic E-state index is 9.30. The zero-order valence-electron chi connectivity index (χ0n) is 7.25. The Morgan fingerprint density at radius 1 is 1.45 bits per heavy atom. The SMILES string of the molecule is CC(O)CCCC(C)(O)CO. The molecule has 11 heavy (non-hydrogen) atoms. The summed E-state index contributed by atoms with van der Waals surface area (Å²) in [4.78, 5) is 0. The van der Waals surface area contributed by atoms with Crippen molar-refractivity contribution < 1.29 is 15.3 Å². The minimum Gasteiger partial charge on any atom is -0.393 e. The van der Waals surface area contributed by atoms with Crippen molar-refractivity contribution in [3.8, 4) is 0 Å². The molecule has 3 heteroatoms. The van der Waals surface area contributed by atoms with Crippen LogP contribution in [0.2, 0.25) is 0 Å². The van der Waals surface area contributed by atoms with Crippen molar-refractivity contribution in [2.75, 3.05) is 6.61 Å². The summed E-state index contributed by atoms with van der Waals surface area (Å²) in [5, 5.41) is 26.8. The topological polar surface area (TPSA) is 60.7 Å². The second-order valence-electron chi connectivity index (χ2n) is 3.40. The lowest BCUT2D eigenvalue weighted by molar-refractivity contribution is -0.00878. The van der Waals surface area contributed by atoms with E-state index in [1.165, 1.54) is 0 Å². The average molecular weight is 162 g/mol. The Hall–Kier alpha value is -0.120. The maximum absolute atomic E-state index is 9.30. The molecule has 0 heterocycles. The van der Waals surface area contributed by atoms with Crippen LogP contribution in [0.15, 0.2) is 0 Å². The molecular weight excluding hydrogens is 144 g/mol. The van der Waals surface area contributed by atoms with Gasteiger partial charge < -0.3 is 15.3 Å². The van der Waals surface area contributed by atoms with Gasteiger partial charge in [-0.1, -0.05) is 0 Å². The van der Waals surface area contributed by atoms with Crippen LogP contribution in [-0.2, 0) is 0 Å². The van der Waals surface area contributed by atoms with Crippen LogP contribution in [-0.4, -0.2) is 33.6 Å². The predicted octanol–water partition coefficient (Wildman–Crippen LogP) is 0.281. The lowest BCUT2D eigenvalue weighted by Gasteiger charge is -2.19. The van der Waals surface area contributed by atoms with Crippen molar-refractivity contribution in [1.29, 1.82) is 0 Å². The summed E-state index contributed by atoms with van der Waals surface area (Å²) in [6, 6.07) is 0. The summed E-state index contributed by atoms with van der Waals surface area (Å²) in [7, 11) is 0. The van der Waals surface area contributed by atoms with Gasteiger partial charge in [0.2, 0.25) is 0 Å². The molecule has 2 atom stereocenters. The van der Waals surface area contributed by atoms with E-state index in [0.717, 1.165) is 6.42 Å². The summed E-state index contributed by atoms with van der Waals surface area (Å²) in [5.41, 5.74) is -0.977. The number of aliphatic hydroxyl groups is 3. The molecule has 3 nitrogen and oxygen atoms in total. The van der Waals surface area contributed by atoms with Crippen LogP contribution < -0.4 is 0 Å². The lowest BCUT2D eigenvalue weighted by Crippen LogP contribution is -2.28. The lowest BCUT2D eigenvalue weighted by atomic mass is 9.99. The average Bonchev–Trinajstić information content (AvgIpc) is 1.87. The van der Waals surface area contributed by atoms with E-state index < -0.39 is 5.60 Å². The van der Waals surface area contributed by atoms with Crippen molar-refractivity contribution in [1.82, 2.24) is 0 Å². The fraction of sp³-hybridized carbons (Fsp3) is 1.00. The summed E-state index contributed by atoms with van der Waals surface area (Å²) in [6.45, 7) is 3.09. The van der Waals surface area contributed by atoms with E-state index in [1.807, 2.05) is 0 Å². The first-order valence-electron chi connectivity index (χ1n) is 3.99. The van der Waals surface area contributed by atoms with Gasteiger partial charge in [0.1, 0.15) is 0 Å². The first kappa shape index (κ1) is 10.9. The van der Waals surface area contributed by atoms with Gasteiger partial charge in [-0.05, 0) is 33.1 Å². The molecule has 3 N–H and O–H groups in total. The Labute approximate surface area is 67.7 Å². The van der Waals surface area contributed by atoms with Crippen LogP contribution in [0, 0.1) is 0 Å². The number of hydrogen-bond acceptors (Lipinski definition) is 3. The molecule has 0 aliphatic heterocycles. The molecule has 0 fully saturated rings. The van der Waals surface area contributed by atoms with E-state index in [2.05, 4.69) is 0 Å². The Morgan fingerprint density at radius 3 is 2.36 bits per heavy atom. The molecule has 0 aliphatic rings. The minimum absolute atomic E-state index is 0.215. The fourth-order valence-electron chi connectivity index (χ4n) is 0.857. The maximum Gasteiger partial charge on any atom is 0.0849 e. The molecule has 0 aromatic rings. The third-order valence-electron chi connectivity index (χ3n) is 1.68. The van der Waals surface area contributed by atoms with E-state index in [0.29, 0.717) is 12.8 Å². The van der Waals surface area contributed by atoms with Crippen molar-refractivity contribution in [2.45, 2.75) is 44.8 Å². The minimum atomic E-state index is -0.977. The molecule has 0 saturated carbocycles. The summed E-state index contributed by atoms with van der Waals surface area (Å²) in [5.74, 6) is 0. The summed E-state index contributed by atoms with van der Waals surface area (Å²) >= 11 is 0. The van der Waals surface area contributed by atoms with E-state index >= 15 is 0 Å². The zero-order valence-corrected chi connectivity index (χ0v) is 7.25.